The molecule has 0 saturated carbocycles. The lowest BCUT2D eigenvalue weighted by Gasteiger charge is -2.21. The van der Waals surface area contributed by atoms with Crippen LogP contribution in [0.1, 0.15) is 32.4 Å². The fourth-order valence-corrected chi connectivity index (χ4v) is 2.49. The second-order valence-electron chi connectivity index (χ2n) is 6.16. The van der Waals surface area contributed by atoms with Gasteiger partial charge >= 0.3 is 13.2 Å². The Labute approximate surface area is 128 Å². The molecule has 2 heterocycles. The number of amides is 1. The smallest absolute Gasteiger partial charge is 0.454 e. The van der Waals surface area contributed by atoms with E-state index in [4.69, 9.17) is 18.9 Å². The maximum absolute atomic E-state index is 11.7. The molecular formula is C14H18BNO6. The van der Waals surface area contributed by atoms with Crippen LogP contribution in [0.25, 0.3) is 0 Å². The molecule has 1 atom stereocenters. The minimum atomic E-state index is -1.05. The number of hydrogen-bond donors (Lipinski definition) is 2. The van der Waals surface area contributed by atoms with E-state index in [1.807, 2.05) is 0 Å². The van der Waals surface area contributed by atoms with Gasteiger partial charge in [0.25, 0.3) is 0 Å². The van der Waals surface area contributed by atoms with Crippen molar-refractivity contribution in [3.8, 4) is 11.5 Å². The SMILES string of the molecule is CC(C)(C)OC(=O)NC[C@@H]1OB(O)c2ccc3c(c21)OCO3. The summed E-state index contributed by atoms with van der Waals surface area (Å²) in [5, 5.41) is 12.6. The monoisotopic (exact) mass is 307 g/mol. The molecule has 1 aromatic carbocycles. The number of alkyl carbamates (subject to hydrolysis) is 1. The number of hydrogen-bond acceptors (Lipinski definition) is 6. The lowest BCUT2D eigenvalue weighted by Crippen LogP contribution is -2.35. The Kier molecular flexibility index (Phi) is 3.66. The maximum Gasteiger partial charge on any atom is 0.492 e. The number of benzene rings is 1. The molecule has 118 valence electrons. The number of nitrogens with one attached hydrogen (secondary N) is 1. The van der Waals surface area contributed by atoms with Crippen molar-refractivity contribution in [1.82, 2.24) is 5.32 Å². The highest BCUT2D eigenvalue weighted by Gasteiger charge is 2.40. The van der Waals surface area contributed by atoms with Crippen molar-refractivity contribution in [2.75, 3.05) is 13.3 Å². The van der Waals surface area contributed by atoms with Crippen LogP contribution in [0, 0.1) is 0 Å². The summed E-state index contributed by atoms with van der Waals surface area (Å²) >= 11 is 0. The van der Waals surface area contributed by atoms with E-state index in [1.165, 1.54) is 0 Å². The van der Waals surface area contributed by atoms with Crippen LogP contribution in [0.4, 0.5) is 4.79 Å². The van der Waals surface area contributed by atoms with E-state index in [9.17, 15) is 9.82 Å². The van der Waals surface area contributed by atoms with E-state index in [2.05, 4.69) is 5.32 Å². The van der Waals surface area contributed by atoms with Crippen molar-refractivity contribution in [3.63, 3.8) is 0 Å². The van der Waals surface area contributed by atoms with Gasteiger partial charge in [0.05, 0.1) is 6.10 Å². The van der Waals surface area contributed by atoms with Crippen LogP contribution in [0.5, 0.6) is 11.5 Å². The molecule has 8 heteroatoms. The highest BCUT2D eigenvalue weighted by molar-refractivity contribution is 6.62. The van der Waals surface area contributed by atoms with Crippen LogP contribution in [-0.4, -0.2) is 37.2 Å². The number of ether oxygens (including phenoxy) is 3. The standard InChI is InChI=1S/C14H18BNO6/c1-14(2,3)21-13(17)16-6-10-11-8(15(18)22-10)4-5-9-12(11)20-7-19-9/h4-5,10,18H,6-7H2,1-3H3,(H,16,17)/t10-/m0/s1. The first-order valence-electron chi connectivity index (χ1n) is 7.08. The van der Waals surface area contributed by atoms with Crippen molar-refractivity contribution in [3.05, 3.63) is 17.7 Å². The zero-order valence-corrected chi connectivity index (χ0v) is 12.7. The molecule has 0 saturated heterocycles. The largest absolute Gasteiger partial charge is 0.492 e. The van der Waals surface area contributed by atoms with Crippen LogP contribution in [-0.2, 0) is 9.39 Å². The van der Waals surface area contributed by atoms with Gasteiger partial charge in [-0.3, -0.25) is 0 Å². The molecule has 1 amide bonds. The summed E-state index contributed by atoms with van der Waals surface area (Å²) in [7, 11) is -1.05. The quantitative estimate of drug-likeness (QED) is 0.782. The summed E-state index contributed by atoms with van der Waals surface area (Å²) in [6.07, 6.45) is -1.06. The first kappa shape index (κ1) is 15.0. The van der Waals surface area contributed by atoms with Gasteiger partial charge in [0.2, 0.25) is 6.79 Å². The molecule has 1 aromatic rings. The fourth-order valence-electron chi connectivity index (χ4n) is 2.49. The molecule has 0 radical (unpaired) electrons. The second kappa shape index (κ2) is 5.37. The Morgan fingerprint density at radius 1 is 1.45 bits per heavy atom. The fraction of sp³-hybridized carbons (Fsp3) is 0.500. The molecule has 0 unspecified atom stereocenters. The Balaban J connectivity index is 1.73. The van der Waals surface area contributed by atoms with E-state index < -0.39 is 24.9 Å². The second-order valence-corrected chi connectivity index (χ2v) is 6.16. The molecule has 0 fully saturated rings. The van der Waals surface area contributed by atoms with Crippen molar-refractivity contribution >= 4 is 18.7 Å². The van der Waals surface area contributed by atoms with Gasteiger partial charge in [-0.1, -0.05) is 6.07 Å². The summed E-state index contributed by atoms with van der Waals surface area (Å²) in [6.45, 7) is 5.66. The summed E-state index contributed by atoms with van der Waals surface area (Å²) in [6, 6.07) is 3.47. The number of rotatable bonds is 2. The van der Waals surface area contributed by atoms with Gasteiger partial charge in [-0.15, -0.1) is 0 Å². The molecule has 2 aliphatic rings. The molecule has 3 rings (SSSR count). The zero-order chi connectivity index (χ0) is 15.9. The van der Waals surface area contributed by atoms with Crippen molar-refractivity contribution in [2.24, 2.45) is 0 Å². The summed E-state index contributed by atoms with van der Waals surface area (Å²) < 4.78 is 21.4. The molecule has 22 heavy (non-hydrogen) atoms. The molecule has 2 N–H and O–H groups in total. The number of carbonyl (C=O) groups is 1. The van der Waals surface area contributed by atoms with Crippen LogP contribution in [0.2, 0.25) is 0 Å². The molecule has 0 bridgehead atoms. The third kappa shape index (κ3) is 2.84. The Bertz CT molecular complexity index is 600. The van der Waals surface area contributed by atoms with Crippen LogP contribution < -0.4 is 20.3 Å². The Morgan fingerprint density at radius 2 is 2.23 bits per heavy atom. The van der Waals surface area contributed by atoms with Gasteiger partial charge in [-0.05, 0) is 32.3 Å². The predicted octanol–water partition coefficient (Wildman–Crippen LogP) is 0.699. The van der Waals surface area contributed by atoms with Crippen molar-refractivity contribution in [2.45, 2.75) is 32.5 Å². The third-order valence-electron chi connectivity index (χ3n) is 3.32. The minimum Gasteiger partial charge on any atom is -0.454 e. The molecule has 0 aromatic heterocycles. The lowest BCUT2D eigenvalue weighted by atomic mass is 9.79. The summed E-state index contributed by atoms with van der Waals surface area (Å²) in [5.74, 6) is 1.17. The topological polar surface area (TPSA) is 86.3 Å². The maximum atomic E-state index is 11.7. The van der Waals surface area contributed by atoms with Gasteiger partial charge in [0, 0.05) is 12.1 Å². The predicted molar refractivity (Wildman–Crippen MR) is 78.2 cm³/mol. The van der Waals surface area contributed by atoms with Gasteiger partial charge in [0.15, 0.2) is 11.5 Å². The van der Waals surface area contributed by atoms with E-state index in [-0.39, 0.29) is 13.3 Å². The third-order valence-corrected chi connectivity index (χ3v) is 3.32. The van der Waals surface area contributed by atoms with Crippen molar-refractivity contribution < 1.29 is 28.7 Å². The van der Waals surface area contributed by atoms with Crippen LogP contribution >= 0.6 is 0 Å². The van der Waals surface area contributed by atoms with Crippen LogP contribution in [0.15, 0.2) is 12.1 Å². The van der Waals surface area contributed by atoms with E-state index in [0.29, 0.717) is 22.5 Å². The Morgan fingerprint density at radius 3 is 2.95 bits per heavy atom. The first-order valence-corrected chi connectivity index (χ1v) is 7.08. The molecule has 0 spiro atoms. The van der Waals surface area contributed by atoms with E-state index >= 15 is 0 Å². The van der Waals surface area contributed by atoms with Gasteiger partial charge in [-0.25, -0.2) is 4.79 Å². The van der Waals surface area contributed by atoms with Gasteiger partial charge in [0.1, 0.15) is 5.60 Å². The average molecular weight is 307 g/mol. The summed E-state index contributed by atoms with van der Waals surface area (Å²) in [5.41, 5.74) is 0.759. The average Bonchev–Trinajstić information content (AvgIpc) is 2.98. The summed E-state index contributed by atoms with van der Waals surface area (Å²) in [4.78, 5) is 11.7. The highest BCUT2D eigenvalue weighted by atomic mass is 16.7. The number of fused-ring (bicyclic) bond motifs is 3. The number of carbonyl (C=O) groups excluding carboxylic acids is 1. The minimum absolute atomic E-state index is 0.133. The molecule has 0 aliphatic carbocycles. The lowest BCUT2D eigenvalue weighted by molar-refractivity contribution is 0.0497. The molecule has 2 aliphatic heterocycles. The molecular weight excluding hydrogens is 289 g/mol. The van der Waals surface area contributed by atoms with Gasteiger partial charge in [-0.2, -0.15) is 0 Å². The first-order chi connectivity index (χ1) is 10.3. The van der Waals surface area contributed by atoms with Crippen molar-refractivity contribution in [1.29, 1.82) is 0 Å². The van der Waals surface area contributed by atoms with E-state index in [1.54, 1.807) is 32.9 Å². The van der Waals surface area contributed by atoms with E-state index in [0.717, 1.165) is 0 Å². The molecule has 7 nitrogen and oxygen atoms in total. The van der Waals surface area contributed by atoms with Crippen LogP contribution in [0.3, 0.4) is 0 Å². The van der Waals surface area contributed by atoms with Gasteiger partial charge < -0.3 is 29.2 Å². The zero-order valence-electron chi connectivity index (χ0n) is 12.7. The Hall–Kier alpha value is -1.93. The highest BCUT2D eigenvalue weighted by Crippen LogP contribution is 2.41. The normalized spacial score (nSPS) is 19.1.